The molecule has 0 spiro atoms. The maximum atomic E-state index is 11.1. The summed E-state index contributed by atoms with van der Waals surface area (Å²) in [5, 5.41) is 8.85. The van der Waals surface area contributed by atoms with Gasteiger partial charge < -0.3 is 10.6 Å². The molecule has 0 aromatic carbocycles. The van der Waals surface area contributed by atoms with Crippen molar-refractivity contribution in [1.29, 1.82) is 0 Å². The van der Waals surface area contributed by atoms with Crippen molar-refractivity contribution in [2.75, 3.05) is 6.54 Å². The SMILES string of the molecule is O=C1CCC(NC2CCCc3sccc32)CN1. The third-order valence-corrected chi connectivity index (χ3v) is 4.75. The van der Waals surface area contributed by atoms with E-state index in [0.717, 1.165) is 13.0 Å². The molecule has 2 heterocycles. The second-order valence-electron chi connectivity index (χ2n) is 4.95. The van der Waals surface area contributed by atoms with Gasteiger partial charge in [-0.3, -0.25) is 4.79 Å². The fourth-order valence-electron chi connectivity index (χ4n) is 2.82. The van der Waals surface area contributed by atoms with E-state index in [1.54, 1.807) is 4.88 Å². The van der Waals surface area contributed by atoms with Crippen LogP contribution < -0.4 is 10.6 Å². The summed E-state index contributed by atoms with van der Waals surface area (Å²) < 4.78 is 0. The number of aryl methyl sites for hydroxylation is 1. The van der Waals surface area contributed by atoms with Gasteiger partial charge in [-0.15, -0.1) is 11.3 Å². The molecule has 1 aliphatic carbocycles. The summed E-state index contributed by atoms with van der Waals surface area (Å²) in [5.41, 5.74) is 1.50. The van der Waals surface area contributed by atoms with Crippen molar-refractivity contribution in [1.82, 2.24) is 10.6 Å². The monoisotopic (exact) mass is 250 g/mol. The van der Waals surface area contributed by atoms with Crippen LogP contribution in [0.1, 0.15) is 42.2 Å². The van der Waals surface area contributed by atoms with Crippen LogP contribution >= 0.6 is 11.3 Å². The van der Waals surface area contributed by atoms with E-state index in [0.29, 0.717) is 18.5 Å². The first-order valence-electron chi connectivity index (χ1n) is 6.42. The van der Waals surface area contributed by atoms with Gasteiger partial charge >= 0.3 is 0 Å². The number of thiophene rings is 1. The molecule has 3 nitrogen and oxygen atoms in total. The molecule has 0 radical (unpaired) electrons. The average Bonchev–Trinajstić information content (AvgIpc) is 2.81. The molecule has 4 heteroatoms. The number of hydrogen-bond donors (Lipinski definition) is 2. The van der Waals surface area contributed by atoms with Gasteiger partial charge in [-0.2, -0.15) is 0 Å². The molecule has 1 saturated heterocycles. The Hall–Kier alpha value is -0.870. The first kappa shape index (κ1) is 11.2. The lowest BCUT2D eigenvalue weighted by Gasteiger charge is -2.31. The predicted octanol–water partition coefficient (Wildman–Crippen LogP) is 1.99. The number of nitrogens with one attached hydrogen (secondary N) is 2. The number of hydrogen-bond acceptors (Lipinski definition) is 3. The van der Waals surface area contributed by atoms with Crippen LogP contribution in [0, 0.1) is 0 Å². The van der Waals surface area contributed by atoms with Gasteiger partial charge in [0.05, 0.1) is 0 Å². The topological polar surface area (TPSA) is 41.1 Å². The second-order valence-corrected chi connectivity index (χ2v) is 5.95. The quantitative estimate of drug-likeness (QED) is 0.843. The third-order valence-electron chi connectivity index (χ3n) is 3.75. The summed E-state index contributed by atoms with van der Waals surface area (Å²) in [4.78, 5) is 12.7. The van der Waals surface area contributed by atoms with Gasteiger partial charge in [-0.1, -0.05) is 0 Å². The molecule has 92 valence electrons. The van der Waals surface area contributed by atoms with Gasteiger partial charge in [0.25, 0.3) is 0 Å². The van der Waals surface area contributed by atoms with Crippen molar-refractivity contribution < 1.29 is 4.79 Å². The van der Waals surface area contributed by atoms with Crippen molar-refractivity contribution in [3.63, 3.8) is 0 Å². The second kappa shape index (κ2) is 4.78. The number of amides is 1. The first-order chi connectivity index (χ1) is 8.33. The van der Waals surface area contributed by atoms with Gasteiger partial charge in [0.15, 0.2) is 0 Å². The molecule has 2 N–H and O–H groups in total. The summed E-state index contributed by atoms with van der Waals surface area (Å²) in [5.74, 6) is 0.197. The maximum absolute atomic E-state index is 11.1. The first-order valence-corrected chi connectivity index (χ1v) is 7.30. The Morgan fingerprint density at radius 2 is 2.29 bits per heavy atom. The van der Waals surface area contributed by atoms with Crippen LogP contribution in [0.2, 0.25) is 0 Å². The van der Waals surface area contributed by atoms with E-state index >= 15 is 0 Å². The van der Waals surface area contributed by atoms with Crippen LogP contribution in [0.25, 0.3) is 0 Å². The van der Waals surface area contributed by atoms with Crippen molar-refractivity contribution in [2.45, 2.75) is 44.2 Å². The van der Waals surface area contributed by atoms with Crippen LogP contribution in [0.15, 0.2) is 11.4 Å². The van der Waals surface area contributed by atoms with Gasteiger partial charge in [-0.05, 0) is 42.7 Å². The van der Waals surface area contributed by atoms with Crippen LogP contribution in [-0.4, -0.2) is 18.5 Å². The highest BCUT2D eigenvalue weighted by Gasteiger charge is 2.25. The molecule has 1 amide bonds. The standard InChI is InChI=1S/C13H18N2OS/c16-13-5-4-9(8-14-13)15-11-2-1-3-12-10(11)6-7-17-12/h6-7,9,11,15H,1-5,8H2,(H,14,16). The number of piperidine rings is 1. The minimum absolute atomic E-state index is 0.197. The van der Waals surface area contributed by atoms with Crippen molar-refractivity contribution >= 4 is 17.2 Å². The Labute approximate surface area is 106 Å². The zero-order chi connectivity index (χ0) is 11.7. The molecule has 0 bridgehead atoms. The Morgan fingerprint density at radius 3 is 3.12 bits per heavy atom. The summed E-state index contributed by atoms with van der Waals surface area (Å²) >= 11 is 1.88. The Balaban J connectivity index is 1.65. The summed E-state index contributed by atoms with van der Waals surface area (Å²) in [6.45, 7) is 0.787. The largest absolute Gasteiger partial charge is 0.355 e. The molecule has 1 aromatic rings. The van der Waals surface area contributed by atoms with Gasteiger partial charge in [0.2, 0.25) is 5.91 Å². The minimum atomic E-state index is 0.197. The van der Waals surface area contributed by atoms with Crippen LogP contribution in [0.5, 0.6) is 0 Å². The number of carbonyl (C=O) groups excluding carboxylic acids is 1. The molecule has 1 aromatic heterocycles. The fraction of sp³-hybridized carbons (Fsp3) is 0.615. The minimum Gasteiger partial charge on any atom is -0.355 e. The van der Waals surface area contributed by atoms with Crippen LogP contribution in [-0.2, 0) is 11.2 Å². The summed E-state index contributed by atoms with van der Waals surface area (Å²) in [6.07, 6.45) is 5.40. The highest BCUT2D eigenvalue weighted by atomic mass is 32.1. The molecule has 0 saturated carbocycles. The maximum Gasteiger partial charge on any atom is 0.220 e. The molecule has 2 aliphatic rings. The van der Waals surface area contributed by atoms with Crippen LogP contribution in [0.3, 0.4) is 0 Å². The highest BCUT2D eigenvalue weighted by molar-refractivity contribution is 7.10. The van der Waals surface area contributed by atoms with Crippen LogP contribution in [0.4, 0.5) is 0 Å². The van der Waals surface area contributed by atoms with E-state index in [1.807, 2.05) is 11.3 Å². The molecular weight excluding hydrogens is 232 g/mol. The normalized spacial score (nSPS) is 28.6. The number of fused-ring (bicyclic) bond motifs is 1. The molecule has 1 aliphatic heterocycles. The molecular formula is C13H18N2OS. The fourth-order valence-corrected chi connectivity index (χ4v) is 3.81. The van der Waals surface area contributed by atoms with Crippen molar-refractivity contribution in [3.05, 3.63) is 21.9 Å². The Morgan fingerprint density at radius 1 is 1.35 bits per heavy atom. The van der Waals surface area contributed by atoms with E-state index in [1.165, 1.54) is 24.8 Å². The van der Waals surface area contributed by atoms with E-state index in [9.17, 15) is 4.79 Å². The Bertz CT molecular complexity index is 405. The summed E-state index contributed by atoms with van der Waals surface area (Å²) in [6, 6.07) is 3.21. The number of rotatable bonds is 2. The van der Waals surface area contributed by atoms with E-state index in [-0.39, 0.29) is 5.91 Å². The Kier molecular flexibility index (Phi) is 3.16. The third kappa shape index (κ3) is 2.38. The van der Waals surface area contributed by atoms with E-state index < -0.39 is 0 Å². The zero-order valence-electron chi connectivity index (χ0n) is 9.87. The highest BCUT2D eigenvalue weighted by Crippen LogP contribution is 2.33. The van der Waals surface area contributed by atoms with E-state index in [4.69, 9.17) is 0 Å². The molecule has 2 unspecified atom stereocenters. The van der Waals surface area contributed by atoms with Gasteiger partial charge in [0, 0.05) is 29.9 Å². The number of carbonyl (C=O) groups is 1. The van der Waals surface area contributed by atoms with Gasteiger partial charge in [-0.25, -0.2) is 0 Å². The van der Waals surface area contributed by atoms with Crippen molar-refractivity contribution in [3.8, 4) is 0 Å². The molecule has 3 rings (SSSR count). The van der Waals surface area contributed by atoms with Gasteiger partial charge in [0.1, 0.15) is 0 Å². The lowest BCUT2D eigenvalue weighted by Crippen LogP contribution is -2.47. The van der Waals surface area contributed by atoms with E-state index in [2.05, 4.69) is 22.1 Å². The lowest BCUT2D eigenvalue weighted by molar-refractivity contribution is -0.122. The molecule has 2 atom stereocenters. The molecule has 1 fully saturated rings. The smallest absolute Gasteiger partial charge is 0.220 e. The zero-order valence-corrected chi connectivity index (χ0v) is 10.7. The average molecular weight is 250 g/mol. The predicted molar refractivity (Wildman–Crippen MR) is 69.2 cm³/mol. The lowest BCUT2D eigenvalue weighted by atomic mass is 9.92. The molecule has 17 heavy (non-hydrogen) atoms. The van der Waals surface area contributed by atoms with Crippen molar-refractivity contribution in [2.24, 2.45) is 0 Å². The summed E-state index contributed by atoms with van der Waals surface area (Å²) in [7, 11) is 0.